The quantitative estimate of drug-likeness (QED) is 0.724. The summed E-state index contributed by atoms with van der Waals surface area (Å²) in [6.07, 6.45) is 10.0. The predicted molar refractivity (Wildman–Crippen MR) is 93.4 cm³/mol. The molecule has 3 rings (SSSR count). The van der Waals surface area contributed by atoms with Crippen LogP contribution in [0.5, 0.6) is 0 Å². The molecule has 0 radical (unpaired) electrons. The smallest absolute Gasteiger partial charge is 0.338 e. The number of nitriles is 1. The van der Waals surface area contributed by atoms with Crippen molar-refractivity contribution < 1.29 is 9.53 Å². The third-order valence-corrected chi connectivity index (χ3v) is 5.89. The summed E-state index contributed by atoms with van der Waals surface area (Å²) in [6.45, 7) is 2.28. The molecule has 4 atom stereocenters. The van der Waals surface area contributed by atoms with Crippen LogP contribution in [0.25, 0.3) is 0 Å². The van der Waals surface area contributed by atoms with Crippen LogP contribution >= 0.6 is 0 Å². The van der Waals surface area contributed by atoms with E-state index < -0.39 is 0 Å². The Hall–Kier alpha value is -1.82. The molecule has 24 heavy (non-hydrogen) atoms. The fraction of sp³-hybridized carbons (Fsp3) is 0.619. The topological polar surface area (TPSA) is 50.1 Å². The van der Waals surface area contributed by atoms with E-state index in [1.165, 1.54) is 38.5 Å². The second kappa shape index (κ2) is 7.83. The summed E-state index contributed by atoms with van der Waals surface area (Å²) < 4.78 is 5.75. The fourth-order valence-electron chi connectivity index (χ4n) is 4.62. The van der Waals surface area contributed by atoms with Crippen LogP contribution in [0.2, 0.25) is 0 Å². The maximum absolute atomic E-state index is 12.3. The molecule has 3 heteroatoms. The molecule has 2 aliphatic carbocycles. The molecule has 0 amide bonds. The Labute approximate surface area is 145 Å². The zero-order valence-corrected chi connectivity index (χ0v) is 14.5. The highest BCUT2D eigenvalue weighted by molar-refractivity contribution is 5.89. The summed E-state index contributed by atoms with van der Waals surface area (Å²) in [4.78, 5) is 12.3. The minimum absolute atomic E-state index is 0.0668. The fourth-order valence-corrected chi connectivity index (χ4v) is 4.62. The van der Waals surface area contributed by atoms with Crippen molar-refractivity contribution in [3.8, 4) is 6.07 Å². The van der Waals surface area contributed by atoms with Gasteiger partial charge >= 0.3 is 5.97 Å². The van der Waals surface area contributed by atoms with Crippen LogP contribution in [0.3, 0.4) is 0 Å². The molecule has 0 bridgehead atoms. The van der Waals surface area contributed by atoms with Gasteiger partial charge in [0.05, 0.1) is 17.2 Å². The summed E-state index contributed by atoms with van der Waals surface area (Å²) in [5.74, 6) is 2.27. The van der Waals surface area contributed by atoms with E-state index in [-0.39, 0.29) is 12.1 Å². The summed E-state index contributed by atoms with van der Waals surface area (Å²) in [5.41, 5.74) is 1.11. The summed E-state index contributed by atoms with van der Waals surface area (Å²) in [5, 5.41) is 8.82. The van der Waals surface area contributed by atoms with Crippen molar-refractivity contribution in [2.75, 3.05) is 0 Å². The zero-order valence-electron chi connectivity index (χ0n) is 14.5. The van der Waals surface area contributed by atoms with E-state index in [1.807, 2.05) is 0 Å². The first-order chi connectivity index (χ1) is 11.7. The predicted octanol–water partition coefficient (Wildman–Crippen LogP) is 5.10. The van der Waals surface area contributed by atoms with E-state index >= 15 is 0 Å². The normalized spacial score (nSPS) is 29.3. The Morgan fingerprint density at radius 3 is 2.54 bits per heavy atom. The number of rotatable bonds is 4. The molecule has 2 saturated carbocycles. The highest BCUT2D eigenvalue weighted by Gasteiger charge is 2.36. The van der Waals surface area contributed by atoms with E-state index in [0.29, 0.717) is 11.1 Å². The van der Waals surface area contributed by atoms with Gasteiger partial charge in [0.1, 0.15) is 6.10 Å². The van der Waals surface area contributed by atoms with Gasteiger partial charge in [-0.3, -0.25) is 0 Å². The van der Waals surface area contributed by atoms with Gasteiger partial charge in [0, 0.05) is 0 Å². The Balaban J connectivity index is 1.52. The van der Waals surface area contributed by atoms with E-state index in [2.05, 4.69) is 13.0 Å². The third-order valence-electron chi connectivity index (χ3n) is 5.89. The number of hydrogen-bond acceptors (Lipinski definition) is 3. The summed E-state index contributed by atoms with van der Waals surface area (Å²) >= 11 is 0. The molecule has 3 nitrogen and oxygen atoms in total. The molecule has 0 N–H and O–H groups in total. The second-order valence-corrected chi connectivity index (χ2v) is 7.52. The summed E-state index contributed by atoms with van der Waals surface area (Å²) in [7, 11) is 0. The van der Waals surface area contributed by atoms with Crippen LogP contribution in [0.1, 0.15) is 74.2 Å². The van der Waals surface area contributed by atoms with E-state index in [4.69, 9.17) is 10.00 Å². The molecule has 0 saturated heterocycles. The van der Waals surface area contributed by atoms with Crippen molar-refractivity contribution in [3.05, 3.63) is 35.4 Å². The van der Waals surface area contributed by atoms with Crippen molar-refractivity contribution in [2.24, 2.45) is 17.8 Å². The first-order valence-corrected chi connectivity index (χ1v) is 9.40. The van der Waals surface area contributed by atoms with E-state index in [9.17, 15) is 4.79 Å². The second-order valence-electron chi connectivity index (χ2n) is 7.52. The zero-order chi connectivity index (χ0) is 16.9. The molecule has 2 aliphatic rings. The van der Waals surface area contributed by atoms with Crippen LogP contribution in [-0.4, -0.2) is 12.1 Å². The lowest BCUT2D eigenvalue weighted by Crippen LogP contribution is -2.35. The first kappa shape index (κ1) is 17.0. The average molecular weight is 325 g/mol. The minimum Gasteiger partial charge on any atom is -0.459 e. The molecule has 128 valence electrons. The van der Waals surface area contributed by atoms with Crippen molar-refractivity contribution in [2.45, 2.75) is 64.4 Å². The molecule has 0 aromatic heterocycles. The van der Waals surface area contributed by atoms with Crippen LogP contribution in [0.4, 0.5) is 0 Å². The van der Waals surface area contributed by atoms with Crippen LogP contribution < -0.4 is 0 Å². The van der Waals surface area contributed by atoms with E-state index in [1.54, 1.807) is 24.3 Å². The maximum atomic E-state index is 12.3. The number of carbonyl (C=O) groups is 1. The molecule has 2 fully saturated rings. The Morgan fingerprint density at radius 2 is 1.83 bits per heavy atom. The lowest BCUT2D eigenvalue weighted by molar-refractivity contribution is -0.00620. The van der Waals surface area contributed by atoms with Crippen molar-refractivity contribution >= 4 is 5.97 Å². The van der Waals surface area contributed by atoms with Gasteiger partial charge in [0.2, 0.25) is 0 Å². The van der Waals surface area contributed by atoms with Gasteiger partial charge in [-0.25, -0.2) is 4.79 Å². The molecule has 0 unspecified atom stereocenters. The molecule has 0 aliphatic heterocycles. The highest BCUT2D eigenvalue weighted by atomic mass is 16.5. The number of carbonyl (C=O) groups excluding carboxylic acids is 1. The number of hydrogen-bond donors (Lipinski definition) is 0. The molecular formula is C21H27NO2. The van der Waals surface area contributed by atoms with Crippen LogP contribution in [-0.2, 0) is 4.74 Å². The van der Waals surface area contributed by atoms with E-state index in [0.717, 1.165) is 30.6 Å². The van der Waals surface area contributed by atoms with Gasteiger partial charge in [0.25, 0.3) is 0 Å². The monoisotopic (exact) mass is 325 g/mol. The van der Waals surface area contributed by atoms with Gasteiger partial charge in [-0.15, -0.1) is 0 Å². The van der Waals surface area contributed by atoms with Gasteiger partial charge in [-0.1, -0.05) is 26.2 Å². The molecule has 0 heterocycles. The number of nitrogens with zero attached hydrogens (tertiary/aromatic N) is 1. The van der Waals surface area contributed by atoms with Crippen LogP contribution in [0, 0.1) is 29.1 Å². The lowest BCUT2D eigenvalue weighted by atomic mass is 9.66. The number of fused-ring (bicyclic) bond motifs is 1. The molecule has 1 aromatic carbocycles. The molecular weight excluding hydrogens is 298 g/mol. The molecule has 1 aromatic rings. The Bertz CT molecular complexity index is 601. The minimum atomic E-state index is -0.248. The van der Waals surface area contributed by atoms with Gasteiger partial charge in [-0.05, 0) is 74.1 Å². The van der Waals surface area contributed by atoms with Crippen molar-refractivity contribution in [1.29, 1.82) is 5.26 Å². The largest absolute Gasteiger partial charge is 0.459 e. The lowest BCUT2D eigenvalue weighted by Gasteiger charge is -2.41. The average Bonchev–Trinajstić information content (AvgIpc) is 2.62. The van der Waals surface area contributed by atoms with Gasteiger partial charge in [-0.2, -0.15) is 5.26 Å². The highest BCUT2D eigenvalue weighted by Crippen LogP contribution is 2.44. The SMILES string of the molecule is CCC[C@@H]1CC[C@@H]2C[C@H](OC(=O)c3ccc(C#N)cc3)CC[C@@H]2C1. The van der Waals surface area contributed by atoms with Gasteiger partial charge < -0.3 is 4.74 Å². The number of benzene rings is 1. The third kappa shape index (κ3) is 3.98. The maximum Gasteiger partial charge on any atom is 0.338 e. The van der Waals surface area contributed by atoms with Crippen molar-refractivity contribution in [3.63, 3.8) is 0 Å². The number of ether oxygens (including phenoxy) is 1. The molecule has 0 spiro atoms. The number of esters is 1. The van der Waals surface area contributed by atoms with Crippen molar-refractivity contribution in [1.82, 2.24) is 0 Å². The van der Waals surface area contributed by atoms with Crippen LogP contribution in [0.15, 0.2) is 24.3 Å². The summed E-state index contributed by atoms with van der Waals surface area (Å²) in [6, 6.07) is 8.77. The first-order valence-electron chi connectivity index (χ1n) is 9.40. The Morgan fingerprint density at radius 1 is 1.12 bits per heavy atom. The standard InChI is InChI=1S/C21H27NO2/c1-2-3-15-4-9-19-13-20(11-10-18(19)12-15)24-21(23)17-7-5-16(14-22)6-8-17/h5-8,15,18-20H,2-4,9-13H2,1H3/t15-,18-,19-,20-/m1/s1. The Kier molecular flexibility index (Phi) is 5.56. The van der Waals surface area contributed by atoms with Gasteiger partial charge in [0.15, 0.2) is 0 Å².